The molecule has 1 unspecified atom stereocenters. The molecule has 0 radical (unpaired) electrons. The van der Waals surface area contributed by atoms with Gasteiger partial charge in [0.15, 0.2) is 0 Å². The molecule has 1 aliphatic heterocycles. The predicted octanol–water partition coefficient (Wildman–Crippen LogP) is 4.81. The fourth-order valence-corrected chi connectivity index (χ4v) is 3.80. The molecule has 2 N–H and O–H groups in total. The first-order valence-electron chi connectivity index (χ1n) is 9.97. The highest BCUT2D eigenvalue weighted by atomic mass is 35.5. The van der Waals surface area contributed by atoms with Gasteiger partial charge in [-0.15, -0.1) is 0 Å². The van der Waals surface area contributed by atoms with Crippen LogP contribution in [0.5, 0.6) is 0 Å². The fourth-order valence-electron chi connectivity index (χ4n) is 3.63. The number of nitrogens with one attached hydrogen (secondary N) is 2. The molecule has 1 heterocycles. The highest BCUT2D eigenvalue weighted by Gasteiger charge is 2.22. The van der Waals surface area contributed by atoms with Crippen molar-refractivity contribution in [2.45, 2.75) is 26.8 Å². The van der Waals surface area contributed by atoms with Crippen LogP contribution >= 0.6 is 11.6 Å². The van der Waals surface area contributed by atoms with Crippen LogP contribution in [0.25, 0.3) is 0 Å². The Kier molecular flexibility index (Phi) is 6.98. The standard InChI is InChI=1S/C22H28ClFN4O/c1-4-27-9-11-28(12-10-27)21-8-7-18(24)14-19(21)16(3)25-22(29)26-20-13-17(23)6-5-15(20)2/h5-8,13-14,16H,4,9-12H2,1-3H3,(H2,25,26,29). The van der Waals surface area contributed by atoms with Crippen molar-refractivity contribution in [3.63, 3.8) is 0 Å². The smallest absolute Gasteiger partial charge is 0.319 e. The molecule has 1 aliphatic rings. The number of carbonyl (C=O) groups is 1. The summed E-state index contributed by atoms with van der Waals surface area (Å²) in [7, 11) is 0. The highest BCUT2D eigenvalue weighted by molar-refractivity contribution is 6.31. The molecule has 3 rings (SSSR count). The summed E-state index contributed by atoms with van der Waals surface area (Å²) < 4.78 is 14.0. The zero-order valence-electron chi connectivity index (χ0n) is 17.1. The van der Waals surface area contributed by atoms with Crippen molar-refractivity contribution in [1.82, 2.24) is 10.2 Å². The van der Waals surface area contributed by atoms with E-state index in [2.05, 4.69) is 27.4 Å². The summed E-state index contributed by atoms with van der Waals surface area (Å²) in [4.78, 5) is 17.2. The van der Waals surface area contributed by atoms with Crippen molar-refractivity contribution in [3.05, 3.63) is 58.4 Å². The van der Waals surface area contributed by atoms with Gasteiger partial charge in [-0.2, -0.15) is 0 Å². The number of piperazine rings is 1. The topological polar surface area (TPSA) is 47.6 Å². The number of nitrogens with zero attached hydrogens (tertiary/aromatic N) is 2. The second kappa shape index (κ2) is 9.46. The molecule has 1 atom stereocenters. The number of anilines is 2. The van der Waals surface area contributed by atoms with E-state index in [-0.39, 0.29) is 17.9 Å². The maximum absolute atomic E-state index is 14.0. The van der Waals surface area contributed by atoms with Crippen molar-refractivity contribution < 1.29 is 9.18 Å². The number of aryl methyl sites for hydroxylation is 1. The van der Waals surface area contributed by atoms with Crippen LogP contribution in [0.15, 0.2) is 36.4 Å². The molecule has 0 aromatic heterocycles. The quantitative estimate of drug-likeness (QED) is 0.732. The number of amides is 2. The number of carbonyl (C=O) groups excluding carboxylic acids is 1. The van der Waals surface area contributed by atoms with E-state index in [1.807, 2.05) is 26.0 Å². The van der Waals surface area contributed by atoms with Crippen LogP contribution in [0.4, 0.5) is 20.6 Å². The molecule has 2 aromatic carbocycles. The van der Waals surface area contributed by atoms with E-state index in [4.69, 9.17) is 11.6 Å². The van der Waals surface area contributed by atoms with Crippen LogP contribution in [0.3, 0.4) is 0 Å². The summed E-state index contributed by atoms with van der Waals surface area (Å²) in [6.45, 7) is 10.7. The van der Waals surface area contributed by atoms with Crippen LogP contribution in [0, 0.1) is 12.7 Å². The second-order valence-corrected chi connectivity index (χ2v) is 7.84. The van der Waals surface area contributed by atoms with Gasteiger partial charge < -0.3 is 20.4 Å². The summed E-state index contributed by atoms with van der Waals surface area (Å²) in [5.41, 5.74) is 3.30. The lowest BCUT2D eigenvalue weighted by Crippen LogP contribution is -2.46. The normalized spacial score (nSPS) is 15.8. The van der Waals surface area contributed by atoms with Gasteiger partial charge in [-0.25, -0.2) is 9.18 Å². The fraction of sp³-hybridized carbons (Fsp3) is 0.409. The van der Waals surface area contributed by atoms with Crippen molar-refractivity contribution in [2.24, 2.45) is 0 Å². The first kappa shape index (κ1) is 21.4. The van der Waals surface area contributed by atoms with Gasteiger partial charge in [0.25, 0.3) is 0 Å². The Bertz CT molecular complexity index is 868. The zero-order valence-corrected chi connectivity index (χ0v) is 17.9. The zero-order chi connectivity index (χ0) is 21.0. The molecule has 2 amide bonds. The molecule has 2 aromatic rings. The van der Waals surface area contributed by atoms with Gasteiger partial charge in [-0.3, -0.25) is 0 Å². The lowest BCUT2D eigenvalue weighted by molar-refractivity contribution is 0.249. The second-order valence-electron chi connectivity index (χ2n) is 7.40. The van der Waals surface area contributed by atoms with Gasteiger partial charge >= 0.3 is 6.03 Å². The first-order valence-corrected chi connectivity index (χ1v) is 10.4. The molecule has 5 nitrogen and oxygen atoms in total. The van der Waals surface area contributed by atoms with E-state index in [0.717, 1.165) is 49.5 Å². The van der Waals surface area contributed by atoms with Crippen LogP contribution in [-0.2, 0) is 0 Å². The van der Waals surface area contributed by atoms with Crippen LogP contribution in [-0.4, -0.2) is 43.7 Å². The van der Waals surface area contributed by atoms with Gasteiger partial charge in [0.05, 0.1) is 6.04 Å². The number of rotatable bonds is 5. The number of likely N-dealkylation sites (N-methyl/N-ethyl adjacent to an activating group) is 1. The molecular weight excluding hydrogens is 391 g/mol. The summed E-state index contributed by atoms with van der Waals surface area (Å²) >= 11 is 6.02. The number of benzene rings is 2. The maximum Gasteiger partial charge on any atom is 0.319 e. The Balaban J connectivity index is 1.73. The minimum absolute atomic E-state index is 0.310. The Labute approximate surface area is 176 Å². The molecule has 0 aliphatic carbocycles. The first-order chi connectivity index (χ1) is 13.9. The highest BCUT2D eigenvalue weighted by Crippen LogP contribution is 2.29. The Morgan fingerprint density at radius 1 is 1.17 bits per heavy atom. The minimum atomic E-state index is -0.357. The third kappa shape index (κ3) is 5.40. The summed E-state index contributed by atoms with van der Waals surface area (Å²) in [5.74, 6) is -0.310. The van der Waals surface area contributed by atoms with E-state index in [1.54, 1.807) is 12.1 Å². The van der Waals surface area contributed by atoms with Gasteiger partial charge in [-0.05, 0) is 56.3 Å². The van der Waals surface area contributed by atoms with Gasteiger partial charge in [-0.1, -0.05) is 24.6 Å². The monoisotopic (exact) mass is 418 g/mol. The average Bonchev–Trinajstić information content (AvgIpc) is 2.70. The van der Waals surface area contributed by atoms with Crippen molar-refractivity contribution in [3.8, 4) is 0 Å². The van der Waals surface area contributed by atoms with E-state index in [0.29, 0.717) is 10.7 Å². The number of hydrogen-bond acceptors (Lipinski definition) is 3. The van der Waals surface area contributed by atoms with E-state index < -0.39 is 0 Å². The lowest BCUT2D eigenvalue weighted by atomic mass is 10.0. The SMILES string of the molecule is CCN1CCN(c2ccc(F)cc2C(C)NC(=O)Nc2cc(Cl)ccc2C)CC1. The molecule has 7 heteroatoms. The molecule has 29 heavy (non-hydrogen) atoms. The Morgan fingerprint density at radius 3 is 2.59 bits per heavy atom. The third-order valence-electron chi connectivity index (χ3n) is 5.41. The average molecular weight is 419 g/mol. The van der Waals surface area contributed by atoms with E-state index in [9.17, 15) is 9.18 Å². The van der Waals surface area contributed by atoms with Gasteiger partial charge in [0.2, 0.25) is 0 Å². The number of halogens is 2. The Morgan fingerprint density at radius 2 is 1.90 bits per heavy atom. The van der Waals surface area contributed by atoms with Crippen molar-refractivity contribution in [2.75, 3.05) is 42.9 Å². The van der Waals surface area contributed by atoms with Crippen LogP contribution in [0.2, 0.25) is 5.02 Å². The third-order valence-corrected chi connectivity index (χ3v) is 5.65. The molecular formula is C22H28ClFN4O. The van der Waals surface area contributed by atoms with Crippen molar-refractivity contribution in [1.29, 1.82) is 0 Å². The van der Waals surface area contributed by atoms with Crippen molar-refractivity contribution >= 4 is 29.0 Å². The maximum atomic E-state index is 14.0. The summed E-state index contributed by atoms with van der Waals surface area (Å²) in [6, 6.07) is 9.43. The minimum Gasteiger partial charge on any atom is -0.369 e. The molecule has 0 spiro atoms. The van der Waals surface area contributed by atoms with Gasteiger partial charge in [0, 0.05) is 48.1 Å². The molecule has 1 saturated heterocycles. The predicted molar refractivity (Wildman–Crippen MR) is 117 cm³/mol. The van der Waals surface area contributed by atoms with E-state index >= 15 is 0 Å². The van der Waals surface area contributed by atoms with Gasteiger partial charge in [0.1, 0.15) is 5.82 Å². The molecule has 156 valence electrons. The van der Waals surface area contributed by atoms with Crippen LogP contribution in [0.1, 0.15) is 31.0 Å². The molecule has 1 fully saturated rings. The molecule has 0 saturated carbocycles. The van der Waals surface area contributed by atoms with Crippen LogP contribution < -0.4 is 15.5 Å². The van der Waals surface area contributed by atoms with E-state index in [1.165, 1.54) is 12.1 Å². The number of urea groups is 1. The Hall–Kier alpha value is -2.31. The summed E-state index contributed by atoms with van der Waals surface area (Å²) in [6.07, 6.45) is 0. The summed E-state index contributed by atoms with van der Waals surface area (Å²) in [5, 5.41) is 6.30. The largest absolute Gasteiger partial charge is 0.369 e. The lowest BCUT2D eigenvalue weighted by Gasteiger charge is -2.37. The molecule has 0 bridgehead atoms. The number of hydrogen-bond donors (Lipinski definition) is 2.